The first-order valence-corrected chi connectivity index (χ1v) is 7.06. The molecule has 19 heavy (non-hydrogen) atoms. The Morgan fingerprint density at radius 2 is 1.74 bits per heavy atom. The van der Waals surface area contributed by atoms with Crippen LogP contribution in [0.5, 0.6) is 0 Å². The van der Waals surface area contributed by atoms with Gasteiger partial charge in [0, 0.05) is 12.0 Å². The Balaban J connectivity index is 2.08. The van der Waals surface area contributed by atoms with E-state index in [0.29, 0.717) is 12.0 Å². The molecule has 1 N–H and O–H groups in total. The summed E-state index contributed by atoms with van der Waals surface area (Å²) in [5.74, 6) is 0.197. The molecule has 1 aromatic carbocycles. The molecule has 1 fully saturated rings. The highest BCUT2D eigenvalue weighted by atomic mass is 16.1. The second-order valence-corrected chi connectivity index (χ2v) is 5.80. The first-order valence-electron chi connectivity index (χ1n) is 7.06. The van der Waals surface area contributed by atoms with Crippen molar-refractivity contribution in [3.8, 4) is 0 Å². The van der Waals surface area contributed by atoms with Crippen molar-refractivity contribution >= 4 is 5.91 Å². The molecule has 1 saturated carbocycles. The molecule has 0 heterocycles. The minimum atomic E-state index is -0.375. The summed E-state index contributed by atoms with van der Waals surface area (Å²) in [6, 6.07) is 11.0. The minimum absolute atomic E-state index is 0.0187. The summed E-state index contributed by atoms with van der Waals surface area (Å²) in [6.07, 6.45) is 3.86. The summed E-state index contributed by atoms with van der Waals surface area (Å²) >= 11 is 0. The zero-order valence-electron chi connectivity index (χ0n) is 11.8. The number of rotatable bonds is 4. The number of nitrogens with one attached hydrogen (secondary N) is 1. The van der Waals surface area contributed by atoms with Gasteiger partial charge < -0.3 is 4.90 Å². The fourth-order valence-corrected chi connectivity index (χ4v) is 3.34. The van der Waals surface area contributed by atoms with Crippen LogP contribution < -0.4 is 5.73 Å². The fraction of sp³-hybridized carbons (Fsp3) is 0.562. The molecule has 0 aromatic heterocycles. The molecule has 0 saturated heterocycles. The zero-order valence-corrected chi connectivity index (χ0v) is 11.8. The second kappa shape index (κ2) is 6.20. The number of hydrogen-bond acceptors (Lipinski definition) is 2. The van der Waals surface area contributed by atoms with E-state index in [9.17, 15) is 4.79 Å². The third-order valence-electron chi connectivity index (χ3n) is 4.29. The van der Waals surface area contributed by atoms with Crippen LogP contribution in [0, 0.1) is 11.8 Å². The Morgan fingerprint density at radius 3 is 2.21 bits per heavy atom. The van der Waals surface area contributed by atoms with Crippen LogP contribution in [0.25, 0.3) is 0 Å². The van der Waals surface area contributed by atoms with Crippen molar-refractivity contribution in [3.63, 3.8) is 0 Å². The molecule has 1 aliphatic rings. The highest BCUT2D eigenvalue weighted by Crippen LogP contribution is 2.39. The van der Waals surface area contributed by atoms with E-state index in [1.54, 1.807) is 0 Å². The molecule has 1 aliphatic carbocycles. The van der Waals surface area contributed by atoms with Gasteiger partial charge in [-0.15, -0.1) is 0 Å². The third-order valence-corrected chi connectivity index (χ3v) is 4.29. The lowest BCUT2D eigenvalue weighted by Crippen LogP contribution is -2.32. The molecule has 0 aliphatic heterocycles. The van der Waals surface area contributed by atoms with E-state index in [-0.39, 0.29) is 11.8 Å². The zero-order chi connectivity index (χ0) is 13.8. The van der Waals surface area contributed by atoms with Crippen LogP contribution in [0.4, 0.5) is 0 Å². The van der Waals surface area contributed by atoms with Crippen LogP contribution in [0.1, 0.15) is 37.3 Å². The highest BCUT2D eigenvalue weighted by Gasteiger charge is 2.31. The van der Waals surface area contributed by atoms with Gasteiger partial charge in [-0.1, -0.05) is 30.3 Å². The van der Waals surface area contributed by atoms with Crippen LogP contribution >= 0.6 is 0 Å². The van der Waals surface area contributed by atoms with Crippen molar-refractivity contribution in [1.82, 2.24) is 10.6 Å². The second-order valence-electron chi connectivity index (χ2n) is 5.80. The molecule has 1 atom stereocenters. The van der Waals surface area contributed by atoms with E-state index in [1.807, 2.05) is 6.07 Å². The van der Waals surface area contributed by atoms with E-state index in [4.69, 9.17) is 5.73 Å². The molecule has 0 spiro atoms. The molecule has 1 unspecified atom stereocenters. The average Bonchev–Trinajstić information content (AvgIpc) is 2.40. The average molecular weight is 259 g/mol. The van der Waals surface area contributed by atoms with E-state index in [2.05, 4.69) is 43.3 Å². The SMILES string of the molecule is CN(C)C(c1ccccc1)C1CCC(C([NH])=O)CC1. The number of carbonyl (C=O) groups excluding carboxylic acids is 1. The third kappa shape index (κ3) is 3.35. The van der Waals surface area contributed by atoms with Crippen LogP contribution in [0.3, 0.4) is 0 Å². The number of nitrogens with zero attached hydrogens (tertiary/aromatic N) is 1. The van der Waals surface area contributed by atoms with Crippen LogP contribution in [-0.2, 0) is 4.79 Å². The van der Waals surface area contributed by atoms with Crippen molar-refractivity contribution in [1.29, 1.82) is 0 Å². The summed E-state index contributed by atoms with van der Waals surface area (Å²) in [4.78, 5) is 13.4. The Morgan fingerprint density at radius 1 is 1.16 bits per heavy atom. The highest BCUT2D eigenvalue weighted by molar-refractivity contribution is 5.75. The van der Waals surface area contributed by atoms with Crippen LogP contribution in [-0.4, -0.2) is 24.9 Å². The van der Waals surface area contributed by atoms with Gasteiger partial charge in [0.1, 0.15) is 0 Å². The van der Waals surface area contributed by atoms with Gasteiger partial charge in [-0.2, -0.15) is 0 Å². The summed E-state index contributed by atoms with van der Waals surface area (Å²) in [5, 5.41) is 0. The van der Waals surface area contributed by atoms with Gasteiger partial charge >= 0.3 is 0 Å². The minimum Gasteiger partial charge on any atom is -0.302 e. The van der Waals surface area contributed by atoms with E-state index >= 15 is 0 Å². The van der Waals surface area contributed by atoms with Crippen molar-refractivity contribution in [3.05, 3.63) is 35.9 Å². The number of benzene rings is 1. The summed E-state index contributed by atoms with van der Waals surface area (Å²) < 4.78 is 0. The van der Waals surface area contributed by atoms with E-state index in [0.717, 1.165) is 25.7 Å². The van der Waals surface area contributed by atoms with Gasteiger partial charge in [0.2, 0.25) is 5.91 Å². The maximum atomic E-state index is 11.1. The topological polar surface area (TPSA) is 44.1 Å². The van der Waals surface area contributed by atoms with Gasteiger partial charge in [0.15, 0.2) is 0 Å². The van der Waals surface area contributed by atoms with Crippen molar-refractivity contribution < 1.29 is 4.79 Å². The summed E-state index contributed by atoms with van der Waals surface area (Å²) in [5.41, 5.74) is 8.60. The lowest BCUT2D eigenvalue weighted by Gasteiger charge is -2.36. The first kappa shape index (κ1) is 14.1. The largest absolute Gasteiger partial charge is 0.302 e. The molecule has 3 heteroatoms. The lowest BCUT2D eigenvalue weighted by atomic mass is 9.76. The van der Waals surface area contributed by atoms with Crippen molar-refractivity contribution in [2.24, 2.45) is 11.8 Å². The first-order chi connectivity index (χ1) is 9.09. The van der Waals surface area contributed by atoms with Crippen LogP contribution in [0.2, 0.25) is 0 Å². The Bertz CT molecular complexity index is 408. The Hall–Kier alpha value is -1.35. The van der Waals surface area contributed by atoms with E-state index in [1.165, 1.54) is 5.56 Å². The smallest absolute Gasteiger partial charge is 0.241 e. The summed E-state index contributed by atoms with van der Waals surface area (Å²) in [7, 11) is 4.25. The number of hydrogen-bond donors (Lipinski definition) is 0. The maximum Gasteiger partial charge on any atom is 0.241 e. The van der Waals surface area contributed by atoms with Gasteiger partial charge in [0.25, 0.3) is 0 Å². The number of carbonyl (C=O) groups is 1. The molecule has 3 nitrogen and oxygen atoms in total. The molecule has 103 valence electrons. The van der Waals surface area contributed by atoms with Gasteiger partial charge in [-0.3, -0.25) is 10.5 Å². The van der Waals surface area contributed by atoms with Gasteiger partial charge in [0.05, 0.1) is 0 Å². The fourth-order valence-electron chi connectivity index (χ4n) is 3.34. The molecule has 1 radical (unpaired) electrons. The van der Waals surface area contributed by atoms with Crippen molar-refractivity contribution in [2.75, 3.05) is 14.1 Å². The quantitative estimate of drug-likeness (QED) is 0.834. The molecular formula is C16H23N2O. The van der Waals surface area contributed by atoms with Crippen LogP contribution in [0.15, 0.2) is 30.3 Å². The maximum absolute atomic E-state index is 11.1. The lowest BCUT2D eigenvalue weighted by molar-refractivity contribution is -0.123. The predicted octanol–water partition coefficient (Wildman–Crippen LogP) is 2.91. The standard InChI is InChI=1S/C16H23N2O/c1-18(2)15(12-6-4-3-5-7-12)13-8-10-14(11-9-13)16(17)19/h3-7,13-15,17H,8-11H2,1-2H3. The molecule has 2 rings (SSSR count). The Kier molecular flexibility index (Phi) is 4.59. The van der Waals surface area contributed by atoms with Gasteiger partial charge in [-0.25, -0.2) is 0 Å². The normalized spacial score (nSPS) is 25.2. The monoisotopic (exact) mass is 259 g/mol. The molecule has 1 aromatic rings. The van der Waals surface area contributed by atoms with Crippen molar-refractivity contribution in [2.45, 2.75) is 31.7 Å². The molecule has 1 amide bonds. The van der Waals surface area contributed by atoms with Gasteiger partial charge in [-0.05, 0) is 51.3 Å². The number of amides is 1. The summed E-state index contributed by atoms with van der Waals surface area (Å²) in [6.45, 7) is 0. The molecular weight excluding hydrogens is 236 g/mol. The predicted molar refractivity (Wildman–Crippen MR) is 76.4 cm³/mol. The Labute approximate surface area is 115 Å². The molecule has 0 bridgehead atoms. The van der Waals surface area contributed by atoms with E-state index < -0.39 is 0 Å².